The summed E-state index contributed by atoms with van der Waals surface area (Å²) in [5.41, 5.74) is 2.66. The molecule has 0 bridgehead atoms. The highest BCUT2D eigenvalue weighted by Crippen LogP contribution is 2.19. The molecule has 0 atom stereocenters. The van der Waals surface area contributed by atoms with Gasteiger partial charge in [-0.3, -0.25) is 4.79 Å². The summed E-state index contributed by atoms with van der Waals surface area (Å²) >= 11 is 3.34. The number of hydrogen-bond acceptors (Lipinski definition) is 4. The number of ether oxygens (including phenoxy) is 1. The maximum absolute atomic E-state index is 12.4. The standard InChI is InChI=1S/C24H16BrN3O2/c25-21-6-3-7-22(13-21)28-24(29)20(15-27)12-17-8-10-23(11-9-17)30-16-19-5-2-1-4-18(19)14-26/h1-13H,16H2,(H,28,29)/b20-12-. The fraction of sp³-hybridized carbons (Fsp3) is 0.0417. The Morgan fingerprint density at radius 1 is 1.03 bits per heavy atom. The molecule has 6 heteroatoms. The first-order chi connectivity index (χ1) is 14.6. The van der Waals surface area contributed by atoms with Gasteiger partial charge in [-0.1, -0.05) is 52.3 Å². The van der Waals surface area contributed by atoms with Crippen LogP contribution in [-0.4, -0.2) is 5.91 Å². The molecule has 0 aromatic heterocycles. The third-order valence-corrected chi connectivity index (χ3v) is 4.66. The molecule has 3 aromatic rings. The van der Waals surface area contributed by atoms with E-state index in [-0.39, 0.29) is 12.2 Å². The first kappa shape index (κ1) is 20.9. The first-order valence-electron chi connectivity index (χ1n) is 8.98. The normalized spacial score (nSPS) is 10.6. The highest BCUT2D eigenvalue weighted by Gasteiger charge is 2.10. The van der Waals surface area contributed by atoms with Gasteiger partial charge in [0.05, 0.1) is 11.6 Å². The Hall–Kier alpha value is -3.87. The molecule has 3 aromatic carbocycles. The molecule has 1 amide bonds. The van der Waals surface area contributed by atoms with Gasteiger partial charge in [-0.25, -0.2) is 0 Å². The van der Waals surface area contributed by atoms with Gasteiger partial charge in [-0.2, -0.15) is 10.5 Å². The minimum atomic E-state index is -0.482. The van der Waals surface area contributed by atoms with E-state index in [9.17, 15) is 10.1 Å². The van der Waals surface area contributed by atoms with Crippen LogP contribution in [0.2, 0.25) is 0 Å². The molecule has 0 aliphatic heterocycles. The average molecular weight is 458 g/mol. The summed E-state index contributed by atoms with van der Waals surface area (Å²) in [6, 6.07) is 25.5. The van der Waals surface area contributed by atoms with E-state index >= 15 is 0 Å². The predicted molar refractivity (Wildman–Crippen MR) is 118 cm³/mol. The maximum atomic E-state index is 12.4. The summed E-state index contributed by atoms with van der Waals surface area (Å²) in [5.74, 6) is 0.140. The molecular formula is C24H16BrN3O2. The second-order valence-corrected chi connectivity index (χ2v) is 7.18. The molecule has 0 saturated carbocycles. The molecule has 146 valence electrons. The number of anilines is 1. The van der Waals surface area contributed by atoms with Crippen molar-refractivity contribution in [2.45, 2.75) is 6.61 Å². The number of halogens is 1. The Labute approximate surface area is 183 Å². The minimum Gasteiger partial charge on any atom is -0.489 e. The van der Waals surface area contributed by atoms with Crippen molar-refractivity contribution in [3.63, 3.8) is 0 Å². The van der Waals surface area contributed by atoms with E-state index in [0.29, 0.717) is 22.6 Å². The van der Waals surface area contributed by atoms with Gasteiger partial charge >= 0.3 is 0 Å². The van der Waals surface area contributed by atoms with E-state index in [2.05, 4.69) is 27.3 Å². The van der Waals surface area contributed by atoms with Crippen LogP contribution in [0.4, 0.5) is 5.69 Å². The van der Waals surface area contributed by atoms with Gasteiger partial charge in [0.25, 0.3) is 5.91 Å². The number of hydrogen-bond donors (Lipinski definition) is 1. The lowest BCUT2D eigenvalue weighted by molar-refractivity contribution is -0.112. The number of nitriles is 2. The second-order valence-electron chi connectivity index (χ2n) is 6.26. The summed E-state index contributed by atoms with van der Waals surface area (Å²) in [5, 5.41) is 21.2. The van der Waals surface area contributed by atoms with Gasteiger partial charge in [-0.15, -0.1) is 0 Å². The van der Waals surface area contributed by atoms with Crippen LogP contribution in [0.25, 0.3) is 6.08 Å². The Morgan fingerprint density at radius 2 is 1.80 bits per heavy atom. The summed E-state index contributed by atoms with van der Waals surface area (Å²) < 4.78 is 6.57. The summed E-state index contributed by atoms with van der Waals surface area (Å²) in [4.78, 5) is 12.4. The van der Waals surface area contributed by atoms with Crippen molar-refractivity contribution >= 4 is 33.6 Å². The average Bonchev–Trinajstić information content (AvgIpc) is 2.77. The summed E-state index contributed by atoms with van der Waals surface area (Å²) in [6.45, 7) is 0.275. The molecule has 0 spiro atoms. The number of rotatable bonds is 6. The highest BCUT2D eigenvalue weighted by atomic mass is 79.9. The Bertz CT molecular complexity index is 1170. The number of benzene rings is 3. The smallest absolute Gasteiger partial charge is 0.266 e. The van der Waals surface area contributed by atoms with E-state index in [1.807, 2.05) is 30.3 Å². The van der Waals surface area contributed by atoms with Crippen LogP contribution in [0.1, 0.15) is 16.7 Å². The molecule has 30 heavy (non-hydrogen) atoms. The van der Waals surface area contributed by atoms with Gasteiger partial charge < -0.3 is 10.1 Å². The van der Waals surface area contributed by atoms with Crippen LogP contribution in [-0.2, 0) is 11.4 Å². The third kappa shape index (κ3) is 5.57. The largest absolute Gasteiger partial charge is 0.489 e. The van der Waals surface area contributed by atoms with Crippen LogP contribution in [0, 0.1) is 22.7 Å². The Kier molecular flexibility index (Phi) is 7.00. The van der Waals surface area contributed by atoms with E-state index in [0.717, 1.165) is 10.0 Å². The lowest BCUT2D eigenvalue weighted by Gasteiger charge is -2.08. The molecule has 1 N–H and O–H groups in total. The zero-order valence-electron chi connectivity index (χ0n) is 15.8. The Morgan fingerprint density at radius 3 is 2.50 bits per heavy atom. The second kappa shape index (κ2) is 10.1. The van der Waals surface area contributed by atoms with Crippen molar-refractivity contribution in [3.8, 4) is 17.9 Å². The molecule has 0 fully saturated rings. The molecule has 5 nitrogen and oxygen atoms in total. The third-order valence-electron chi connectivity index (χ3n) is 4.17. The van der Waals surface area contributed by atoms with Gasteiger partial charge in [0.15, 0.2) is 0 Å². The van der Waals surface area contributed by atoms with Crippen LogP contribution < -0.4 is 10.1 Å². The van der Waals surface area contributed by atoms with Crippen molar-refractivity contribution in [3.05, 3.63) is 99.5 Å². The topological polar surface area (TPSA) is 85.9 Å². The maximum Gasteiger partial charge on any atom is 0.266 e. The van der Waals surface area contributed by atoms with Crippen LogP contribution in [0.5, 0.6) is 5.75 Å². The zero-order valence-corrected chi connectivity index (χ0v) is 17.4. The molecule has 0 saturated heterocycles. The van der Waals surface area contributed by atoms with Crippen molar-refractivity contribution in [2.24, 2.45) is 0 Å². The Balaban J connectivity index is 1.67. The van der Waals surface area contributed by atoms with Gasteiger partial charge in [-0.05, 0) is 48.0 Å². The lowest BCUT2D eigenvalue weighted by atomic mass is 10.1. The van der Waals surface area contributed by atoms with Gasteiger partial charge in [0, 0.05) is 15.7 Å². The number of amides is 1. The first-order valence-corrected chi connectivity index (χ1v) is 9.78. The molecule has 3 rings (SSSR count). The number of carbonyl (C=O) groups is 1. The quantitative estimate of drug-likeness (QED) is 0.394. The van der Waals surface area contributed by atoms with Crippen LogP contribution in [0.3, 0.4) is 0 Å². The van der Waals surface area contributed by atoms with E-state index in [1.54, 1.807) is 48.5 Å². The van der Waals surface area contributed by atoms with E-state index in [1.165, 1.54) is 6.08 Å². The SMILES string of the molecule is N#C/C(=C/c1ccc(OCc2ccccc2C#N)cc1)C(=O)Nc1cccc(Br)c1. The lowest BCUT2D eigenvalue weighted by Crippen LogP contribution is -2.13. The molecule has 0 unspecified atom stereocenters. The fourth-order valence-corrected chi connectivity index (χ4v) is 3.06. The number of carbonyl (C=O) groups excluding carboxylic acids is 1. The van der Waals surface area contributed by atoms with Gasteiger partial charge in [0.1, 0.15) is 24.0 Å². The van der Waals surface area contributed by atoms with Crippen molar-refractivity contribution < 1.29 is 9.53 Å². The van der Waals surface area contributed by atoms with Crippen molar-refractivity contribution in [2.75, 3.05) is 5.32 Å². The van der Waals surface area contributed by atoms with Crippen molar-refractivity contribution in [1.29, 1.82) is 10.5 Å². The number of nitrogens with zero attached hydrogens (tertiary/aromatic N) is 2. The molecule has 0 aliphatic rings. The predicted octanol–water partition coefficient (Wildman–Crippen LogP) is 5.45. The molecule has 0 radical (unpaired) electrons. The molecule has 0 aliphatic carbocycles. The summed E-state index contributed by atoms with van der Waals surface area (Å²) in [7, 11) is 0. The zero-order chi connectivity index (χ0) is 21.3. The van der Waals surface area contributed by atoms with Gasteiger partial charge in [0.2, 0.25) is 0 Å². The van der Waals surface area contributed by atoms with E-state index < -0.39 is 5.91 Å². The van der Waals surface area contributed by atoms with Crippen LogP contribution >= 0.6 is 15.9 Å². The summed E-state index contributed by atoms with van der Waals surface area (Å²) in [6.07, 6.45) is 1.52. The van der Waals surface area contributed by atoms with E-state index in [4.69, 9.17) is 10.00 Å². The fourth-order valence-electron chi connectivity index (χ4n) is 2.66. The van der Waals surface area contributed by atoms with Crippen LogP contribution in [0.15, 0.2) is 82.8 Å². The molecule has 0 heterocycles. The number of nitrogens with one attached hydrogen (secondary N) is 1. The van der Waals surface area contributed by atoms with Crippen molar-refractivity contribution in [1.82, 2.24) is 0 Å². The minimum absolute atomic E-state index is 0.00779. The molecular weight excluding hydrogens is 442 g/mol. The highest BCUT2D eigenvalue weighted by molar-refractivity contribution is 9.10. The monoisotopic (exact) mass is 457 g/mol.